The predicted molar refractivity (Wildman–Crippen MR) is 71.7 cm³/mol. The Kier molecular flexibility index (Phi) is 5.96. The maximum absolute atomic E-state index is 12.0. The third kappa shape index (κ3) is 5.53. The van der Waals surface area contributed by atoms with E-state index in [-0.39, 0.29) is 17.2 Å². The quantitative estimate of drug-likeness (QED) is 0.749. The second-order valence-electron chi connectivity index (χ2n) is 6.11. The molecule has 3 N–H and O–H groups in total. The van der Waals surface area contributed by atoms with Gasteiger partial charge in [0, 0.05) is 12.5 Å². The predicted octanol–water partition coefficient (Wildman–Crippen LogP) is 2.45. The lowest BCUT2D eigenvalue weighted by molar-refractivity contribution is -0.126. The van der Waals surface area contributed by atoms with Crippen molar-refractivity contribution < 1.29 is 4.79 Å². The van der Waals surface area contributed by atoms with Crippen LogP contribution in [-0.2, 0) is 4.79 Å². The van der Waals surface area contributed by atoms with Crippen molar-refractivity contribution in [1.82, 2.24) is 5.32 Å². The van der Waals surface area contributed by atoms with Gasteiger partial charge in [0.15, 0.2) is 0 Å². The number of amides is 1. The summed E-state index contributed by atoms with van der Waals surface area (Å²) in [6.45, 7) is 5.91. The van der Waals surface area contributed by atoms with Gasteiger partial charge in [-0.05, 0) is 37.6 Å². The van der Waals surface area contributed by atoms with Gasteiger partial charge in [0.05, 0.1) is 0 Å². The minimum Gasteiger partial charge on any atom is -0.355 e. The molecule has 0 aromatic heterocycles. The summed E-state index contributed by atoms with van der Waals surface area (Å²) in [7, 11) is 0. The molecule has 0 aromatic rings. The van der Waals surface area contributed by atoms with E-state index in [0.29, 0.717) is 0 Å². The first-order valence-corrected chi connectivity index (χ1v) is 7.03. The largest absolute Gasteiger partial charge is 0.355 e. The van der Waals surface area contributed by atoms with Crippen LogP contribution < -0.4 is 11.1 Å². The molecule has 0 heterocycles. The van der Waals surface area contributed by atoms with E-state index in [1.54, 1.807) is 0 Å². The van der Waals surface area contributed by atoms with Gasteiger partial charge in [-0.15, -0.1) is 0 Å². The van der Waals surface area contributed by atoms with Crippen molar-refractivity contribution in [2.24, 2.45) is 17.1 Å². The summed E-state index contributed by atoms with van der Waals surface area (Å²) in [4.78, 5) is 12.0. The standard InChI is InChI=1S/C14H28N2O/c1-14(2,9-6-10-15)11-16-13(17)12-7-4-3-5-8-12/h12H,3-11,15H2,1-2H3,(H,16,17). The Bertz CT molecular complexity index is 232. The highest BCUT2D eigenvalue weighted by Gasteiger charge is 2.23. The lowest BCUT2D eigenvalue weighted by Crippen LogP contribution is -2.38. The fourth-order valence-electron chi connectivity index (χ4n) is 2.50. The molecule has 1 saturated carbocycles. The molecule has 3 heteroatoms. The molecule has 0 atom stereocenters. The summed E-state index contributed by atoms with van der Waals surface area (Å²) in [6, 6.07) is 0. The van der Waals surface area contributed by atoms with Crippen LogP contribution in [0.15, 0.2) is 0 Å². The van der Waals surface area contributed by atoms with Gasteiger partial charge in [0.2, 0.25) is 5.91 Å². The van der Waals surface area contributed by atoms with Crippen LogP contribution in [0.5, 0.6) is 0 Å². The molecule has 17 heavy (non-hydrogen) atoms. The van der Waals surface area contributed by atoms with Crippen LogP contribution in [0.3, 0.4) is 0 Å². The summed E-state index contributed by atoms with van der Waals surface area (Å²) in [5.41, 5.74) is 5.69. The molecule has 3 nitrogen and oxygen atoms in total. The zero-order valence-electron chi connectivity index (χ0n) is 11.4. The van der Waals surface area contributed by atoms with Gasteiger partial charge >= 0.3 is 0 Å². The Balaban J connectivity index is 2.26. The molecule has 0 bridgehead atoms. The maximum Gasteiger partial charge on any atom is 0.223 e. The smallest absolute Gasteiger partial charge is 0.223 e. The normalized spacial score (nSPS) is 18.1. The highest BCUT2D eigenvalue weighted by molar-refractivity contribution is 5.78. The molecule has 0 saturated heterocycles. The van der Waals surface area contributed by atoms with Gasteiger partial charge in [-0.2, -0.15) is 0 Å². The second-order valence-corrected chi connectivity index (χ2v) is 6.11. The topological polar surface area (TPSA) is 55.1 Å². The molecule has 1 aliphatic rings. The van der Waals surface area contributed by atoms with E-state index in [4.69, 9.17) is 5.73 Å². The van der Waals surface area contributed by atoms with Gasteiger partial charge in [0.25, 0.3) is 0 Å². The lowest BCUT2D eigenvalue weighted by atomic mass is 9.86. The van der Waals surface area contributed by atoms with Crippen LogP contribution >= 0.6 is 0 Å². The van der Waals surface area contributed by atoms with Crippen LogP contribution in [0.1, 0.15) is 58.8 Å². The number of carbonyl (C=O) groups is 1. The molecule has 1 fully saturated rings. The average Bonchev–Trinajstić information content (AvgIpc) is 2.35. The Morgan fingerprint density at radius 1 is 1.29 bits per heavy atom. The van der Waals surface area contributed by atoms with Crippen LogP contribution in [0, 0.1) is 11.3 Å². The SMILES string of the molecule is CC(C)(CCCN)CNC(=O)C1CCCCC1. The number of hydrogen-bond donors (Lipinski definition) is 2. The summed E-state index contributed by atoms with van der Waals surface area (Å²) in [6.07, 6.45) is 8.00. The average molecular weight is 240 g/mol. The Morgan fingerprint density at radius 3 is 2.53 bits per heavy atom. The van der Waals surface area contributed by atoms with E-state index in [0.717, 1.165) is 38.8 Å². The highest BCUT2D eigenvalue weighted by atomic mass is 16.1. The highest BCUT2D eigenvalue weighted by Crippen LogP contribution is 2.25. The second kappa shape index (κ2) is 7.00. The Hall–Kier alpha value is -0.570. The first-order valence-electron chi connectivity index (χ1n) is 7.03. The Morgan fingerprint density at radius 2 is 1.94 bits per heavy atom. The molecule has 0 spiro atoms. The third-order valence-electron chi connectivity index (χ3n) is 3.77. The van der Waals surface area contributed by atoms with Gasteiger partial charge < -0.3 is 11.1 Å². The first kappa shape index (κ1) is 14.5. The summed E-state index contributed by atoms with van der Waals surface area (Å²) in [5, 5.41) is 3.12. The van der Waals surface area contributed by atoms with Gasteiger partial charge in [-0.25, -0.2) is 0 Å². The minimum atomic E-state index is 0.170. The van der Waals surface area contributed by atoms with Crippen LogP contribution in [0.4, 0.5) is 0 Å². The fourth-order valence-corrected chi connectivity index (χ4v) is 2.50. The van der Waals surface area contributed by atoms with E-state index < -0.39 is 0 Å². The monoisotopic (exact) mass is 240 g/mol. The van der Waals surface area contributed by atoms with Crippen LogP contribution in [-0.4, -0.2) is 19.0 Å². The van der Waals surface area contributed by atoms with Crippen molar-refractivity contribution >= 4 is 5.91 Å². The summed E-state index contributed by atoms with van der Waals surface area (Å²) < 4.78 is 0. The van der Waals surface area contributed by atoms with Crippen molar-refractivity contribution in [3.63, 3.8) is 0 Å². The first-order chi connectivity index (χ1) is 8.05. The van der Waals surface area contributed by atoms with Crippen LogP contribution in [0.25, 0.3) is 0 Å². The van der Waals surface area contributed by atoms with Gasteiger partial charge in [-0.1, -0.05) is 33.1 Å². The van der Waals surface area contributed by atoms with E-state index in [2.05, 4.69) is 19.2 Å². The molecule has 1 aliphatic carbocycles. The zero-order chi connectivity index (χ0) is 12.7. The Labute approximate surface area is 106 Å². The van der Waals surface area contributed by atoms with Crippen LogP contribution in [0.2, 0.25) is 0 Å². The fraction of sp³-hybridized carbons (Fsp3) is 0.929. The molecule has 0 radical (unpaired) electrons. The number of carbonyl (C=O) groups excluding carboxylic acids is 1. The molecule has 100 valence electrons. The molecule has 1 amide bonds. The van der Waals surface area contributed by atoms with Gasteiger partial charge in [0.1, 0.15) is 0 Å². The van der Waals surface area contributed by atoms with Gasteiger partial charge in [-0.3, -0.25) is 4.79 Å². The number of nitrogens with two attached hydrogens (primary N) is 1. The molecule has 0 unspecified atom stereocenters. The molecule has 1 rings (SSSR count). The number of nitrogens with one attached hydrogen (secondary N) is 1. The number of rotatable bonds is 6. The summed E-state index contributed by atoms with van der Waals surface area (Å²) >= 11 is 0. The lowest BCUT2D eigenvalue weighted by Gasteiger charge is -2.27. The van der Waals surface area contributed by atoms with E-state index in [9.17, 15) is 4.79 Å². The minimum absolute atomic E-state index is 0.170. The van der Waals surface area contributed by atoms with E-state index in [1.807, 2.05) is 0 Å². The zero-order valence-corrected chi connectivity index (χ0v) is 11.4. The molecule has 0 aromatic carbocycles. The molecular formula is C14H28N2O. The molecular weight excluding hydrogens is 212 g/mol. The van der Waals surface area contributed by atoms with Crippen molar-refractivity contribution in [2.75, 3.05) is 13.1 Å². The molecule has 0 aliphatic heterocycles. The van der Waals surface area contributed by atoms with E-state index >= 15 is 0 Å². The van der Waals surface area contributed by atoms with Crippen molar-refractivity contribution in [1.29, 1.82) is 0 Å². The van der Waals surface area contributed by atoms with Crippen molar-refractivity contribution in [3.8, 4) is 0 Å². The summed E-state index contributed by atoms with van der Waals surface area (Å²) in [5.74, 6) is 0.541. The van der Waals surface area contributed by atoms with Crippen molar-refractivity contribution in [2.45, 2.75) is 58.8 Å². The maximum atomic E-state index is 12.0. The van der Waals surface area contributed by atoms with Crippen molar-refractivity contribution in [3.05, 3.63) is 0 Å². The van der Waals surface area contributed by atoms with E-state index in [1.165, 1.54) is 19.3 Å². The number of hydrogen-bond acceptors (Lipinski definition) is 2. The third-order valence-corrected chi connectivity index (χ3v) is 3.77.